The van der Waals surface area contributed by atoms with Crippen molar-refractivity contribution in [3.05, 3.63) is 10.6 Å². The number of amides is 2. The molecule has 2 amide bonds. The normalized spacial score (nSPS) is 30.2. The summed E-state index contributed by atoms with van der Waals surface area (Å²) in [5, 5.41) is 15.3. The molecule has 2 aliphatic carbocycles. The van der Waals surface area contributed by atoms with E-state index < -0.39 is 6.10 Å². The quantitative estimate of drug-likeness (QED) is 0.599. The van der Waals surface area contributed by atoms with Crippen molar-refractivity contribution in [3.63, 3.8) is 0 Å². The van der Waals surface area contributed by atoms with E-state index in [9.17, 15) is 14.7 Å². The topological polar surface area (TPSA) is 82.5 Å². The van der Waals surface area contributed by atoms with E-state index in [4.69, 9.17) is 4.98 Å². The lowest BCUT2D eigenvalue weighted by Gasteiger charge is -2.53. The molecule has 0 bridgehead atoms. The molecule has 0 spiro atoms. The minimum atomic E-state index is -0.540. The standard InChI is InChI=1S/C26H43N3O3S/c1-9-29(10-2)23(32)15(3)17-11-12-26(8)13-18-21(16(4)20(26)22(17)31)28-24(33-18)27-19(30)14-25(5,6)7/h15-17,20,22,31H,9-14H2,1-8H3,(H,27,28,30)/t15-,16-,17-,20+,22-,26+/m0/s1. The van der Waals surface area contributed by atoms with E-state index in [1.165, 1.54) is 4.88 Å². The molecular formula is C26H43N3O3S. The van der Waals surface area contributed by atoms with Crippen LogP contribution < -0.4 is 5.32 Å². The van der Waals surface area contributed by atoms with Crippen LogP contribution in [-0.2, 0) is 16.0 Å². The predicted molar refractivity (Wildman–Crippen MR) is 134 cm³/mol. The van der Waals surface area contributed by atoms with Crippen LogP contribution in [0.5, 0.6) is 0 Å². The van der Waals surface area contributed by atoms with Crippen molar-refractivity contribution in [2.45, 2.75) is 93.1 Å². The van der Waals surface area contributed by atoms with Gasteiger partial charge in [-0.1, -0.05) is 41.5 Å². The van der Waals surface area contributed by atoms with Crippen LogP contribution in [0.2, 0.25) is 0 Å². The Morgan fingerprint density at radius 2 is 1.94 bits per heavy atom. The Morgan fingerprint density at radius 3 is 2.52 bits per heavy atom. The molecule has 6 nitrogen and oxygen atoms in total. The fourth-order valence-corrected chi connectivity index (χ4v) is 7.53. The fourth-order valence-electron chi connectivity index (χ4n) is 6.25. The highest BCUT2D eigenvalue weighted by Crippen LogP contribution is 2.57. The van der Waals surface area contributed by atoms with E-state index in [-0.39, 0.29) is 46.3 Å². The van der Waals surface area contributed by atoms with E-state index in [2.05, 4.69) is 39.9 Å². The van der Waals surface area contributed by atoms with Gasteiger partial charge in [-0.15, -0.1) is 11.3 Å². The molecule has 2 N–H and O–H groups in total. The molecule has 186 valence electrons. The molecule has 0 unspecified atom stereocenters. The third-order valence-corrected chi connectivity index (χ3v) is 8.95. The van der Waals surface area contributed by atoms with Crippen molar-refractivity contribution in [1.29, 1.82) is 0 Å². The molecule has 2 aliphatic rings. The number of fused-ring (bicyclic) bond motifs is 2. The SMILES string of the molecule is CCN(CC)C(=O)[C@@H](C)[C@@H]1CC[C@]2(C)Cc3sc(NC(=O)CC(C)(C)C)nc3[C@@H](C)[C@@H]2[C@H]1O. The van der Waals surface area contributed by atoms with Crippen LogP contribution in [-0.4, -0.2) is 46.0 Å². The largest absolute Gasteiger partial charge is 0.392 e. The maximum absolute atomic E-state index is 13.0. The summed E-state index contributed by atoms with van der Waals surface area (Å²) < 4.78 is 0. The molecule has 1 fully saturated rings. The van der Waals surface area contributed by atoms with Gasteiger partial charge < -0.3 is 15.3 Å². The zero-order valence-corrected chi connectivity index (χ0v) is 22.5. The lowest BCUT2D eigenvalue weighted by molar-refractivity contribution is -0.144. The summed E-state index contributed by atoms with van der Waals surface area (Å²) in [6, 6.07) is 0. The van der Waals surface area contributed by atoms with Gasteiger partial charge in [0.15, 0.2) is 5.13 Å². The van der Waals surface area contributed by atoms with Crippen LogP contribution in [0, 0.1) is 28.6 Å². The third-order valence-electron chi connectivity index (χ3n) is 7.97. The fraction of sp³-hybridized carbons (Fsp3) is 0.808. The van der Waals surface area contributed by atoms with E-state index in [1.807, 2.05) is 25.7 Å². The van der Waals surface area contributed by atoms with Crippen LogP contribution >= 0.6 is 11.3 Å². The second-order valence-electron chi connectivity index (χ2n) is 11.8. The van der Waals surface area contributed by atoms with E-state index in [1.54, 1.807) is 11.3 Å². The van der Waals surface area contributed by atoms with Gasteiger partial charge in [-0.25, -0.2) is 4.98 Å². The minimum absolute atomic E-state index is 0.00582. The van der Waals surface area contributed by atoms with Crippen LogP contribution in [0.4, 0.5) is 5.13 Å². The first-order chi connectivity index (χ1) is 15.3. The smallest absolute Gasteiger partial charge is 0.226 e. The van der Waals surface area contributed by atoms with Crippen molar-refractivity contribution in [3.8, 4) is 0 Å². The number of nitrogens with one attached hydrogen (secondary N) is 1. The number of aliphatic hydroxyl groups is 1. The number of nitrogens with zero attached hydrogens (tertiary/aromatic N) is 2. The van der Waals surface area contributed by atoms with Gasteiger partial charge in [0.25, 0.3) is 0 Å². The summed E-state index contributed by atoms with van der Waals surface area (Å²) in [7, 11) is 0. The Kier molecular flexibility index (Phi) is 7.64. The van der Waals surface area contributed by atoms with Crippen LogP contribution in [0.1, 0.15) is 91.1 Å². The van der Waals surface area contributed by atoms with E-state index in [0.717, 1.165) is 25.0 Å². The predicted octanol–water partition coefficient (Wildman–Crippen LogP) is 5.08. The molecule has 0 aromatic carbocycles. The van der Waals surface area contributed by atoms with Crippen molar-refractivity contribution in [2.75, 3.05) is 18.4 Å². The molecule has 1 saturated carbocycles. The molecule has 3 rings (SSSR count). The highest BCUT2D eigenvalue weighted by atomic mass is 32.1. The van der Waals surface area contributed by atoms with Crippen molar-refractivity contribution in [2.24, 2.45) is 28.6 Å². The summed E-state index contributed by atoms with van der Waals surface area (Å²) in [5.74, 6) is 0.0428. The Balaban J connectivity index is 1.81. The molecule has 1 aromatic rings. The maximum Gasteiger partial charge on any atom is 0.226 e. The van der Waals surface area contributed by atoms with Gasteiger partial charge in [0, 0.05) is 36.2 Å². The van der Waals surface area contributed by atoms with Gasteiger partial charge in [-0.05, 0) is 55.8 Å². The number of anilines is 1. The molecule has 1 aromatic heterocycles. The Bertz CT molecular complexity index is 873. The first-order valence-corrected chi connectivity index (χ1v) is 13.4. The summed E-state index contributed by atoms with van der Waals surface area (Å²) >= 11 is 1.59. The molecular weight excluding hydrogens is 434 g/mol. The second-order valence-corrected chi connectivity index (χ2v) is 12.8. The minimum Gasteiger partial charge on any atom is -0.392 e. The summed E-state index contributed by atoms with van der Waals surface area (Å²) in [6.07, 6.45) is 2.63. The van der Waals surface area contributed by atoms with Crippen LogP contribution in [0.25, 0.3) is 0 Å². The van der Waals surface area contributed by atoms with Crippen LogP contribution in [0.3, 0.4) is 0 Å². The number of hydrogen-bond donors (Lipinski definition) is 2. The van der Waals surface area contributed by atoms with Crippen molar-refractivity contribution >= 4 is 28.3 Å². The summed E-state index contributed by atoms with van der Waals surface area (Å²) in [4.78, 5) is 33.4. The highest BCUT2D eigenvalue weighted by molar-refractivity contribution is 7.15. The molecule has 7 heteroatoms. The first-order valence-electron chi connectivity index (χ1n) is 12.6. The Hall–Kier alpha value is -1.47. The van der Waals surface area contributed by atoms with Crippen molar-refractivity contribution in [1.82, 2.24) is 9.88 Å². The van der Waals surface area contributed by atoms with Gasteiger partial charge in [-0.2, -0.15) is 0 Å². The maximum atomic E-state index is 13.0. The number of aromatic nitrogens is 1. The lowest BCUT2D eigenvalue weighted by atomic mass is 9.53. The van der Waals surface area contributed by atoms with Gasteiger partial charge in [0.1, 0.15) is 0 Å². The summed E-state index contributed by atoms with van der Waals surface area (Å²) in [5.41, 5.74) is 0.908. The zero-order chi connectivity index (χ0) is 24.7. The lowest BCUT2D eigenvalue weighted by Crippen LogP contribution is -2.53. The monoisotopic (exact) mass is 477 g/mol. The molecule has 0 saturated heterocycles. The summed E-state index contributed by atoms with van der Waals surface area (Å²) in [6.45, 7) is 18.0. The van der Waals surface area contributed by atoms with E-state index >= 15 is 0 Å². The average molecular weight is 478 g/mol. The Labute approximate surface area is 203 Å². The number of carbonyl (C=O) groups is 2. The third kappa shape index (κ3) is 5.29. The van der Waals surface area contributed by atoms with Crippen LogP contribution in [0.15, 0.2) is 0 Å². The second kappa shape index (κ2) is 9.65. The zero-order valence-electron chi connectivity index (χ0n) is 21.7. The van der Waals surface area contributed by atoms with Gasteiger partial charge >= 0.3 is 0 Å². The number of aliphatic hydroxyl groups excluding tert-OH is 1. The first kappa shape index (κ1) is 26.1. The molecule has 0 radical (unpaired) electrons. The molecule has 1 heterocycles. The number of hydrogen-bond acceptors (Lipinski definition) is 5. The molecule has 33 heavy (non-hydrogen) atoms. The van der Waals surface area contributed by atoms with Gasteiger partial charge in [0.05, 0.1) is 11.8 Å². The van der Waals surface area contributed by atoms with E-state index in [0.29, 0.717) is 24.6 Å². The Morgan fingerprint density at radius 1 is 1.30 bits per heavy atom. The van der Waals surface area contributed by atoms with Gasteiger partial charge in [-0.3, -0.25) is 9.59 Å². The number of thiazole rings is 1. The highest BCUT2D eigenvalue weighted by Gasteiger charge is 2.54. The average Bonchev–Trinajstić information content (AvgIpc) is 3.08. The van der Waals surface area contributed by atoms with Crippen molar-refractivity contribution < 1.29 is 14.7 Å². The number of carbonyl (C=O) groups excluding carboxylic acids is 2. The van der Waals surface area contributed by atoms with Gasteiger partial charge in [0.2, 0.25) is 11.8 Å². The molecule has 6 atom stereocenters. The molecule has 0 aliphatic heterocycles. The number of rotatable bonds is 6.